The van der Waals surface area contributed by atoms with Gasteiger partial charge in [-0.05, 0) is 41.7 Å². The van der Waals surface area contributed by atoms with Crippen molar-refractivity contribution >= 4 is 11.7 Å². The second-order valence-electron chi connectivity index (χ2n) is 5.97. The number of anilines is 1. The molecule has 0 atom stereocenters. The standard InChI is InChI=1S/C20H26N2O2/c1-4-16-8-5-6-11-19(16)22-20(23)21-12-13-24-18-10-7-9-17(14-18)15(2)3/h5-11,14-15H,4,12-13H2,1-3H3,(H2,21,22,23). The highest BCUT2D eigenvalue weighted by Gasteiger charge is 2.05. The van der Waals surface area contributed by atoms with Gasteiger partial charge in [0.15, 0.2) is 0 Å². The van der Waals surface area contributed by atoms with Crippen molar-refractivity contribution in [2.45, 2.75) is 33.1 Å². The fourth-order valence-corrected chi connectivity index (χ4v) is 2.41. The molecule has 0 aliphatic heterocycles. The summed E-state index contributed by atoms with van der Waals surface area (Å²) in [6.45, 7) is 7.26. The molecule has 4 heteroatoms. The van der Waals surface area contributed by atoms with Crippen molar-refractivity contribution < 1.29 is 9.53 Å². The van der Waals surface area contributed by atoms with E-state index in [-0.39, 0.29) is 6.03 Å². The number of ether oxygens (including phenoxy) is 1. The van der Waals surface area contributed by atoms with Gasteiger partial charge in [0, 0.05) is 5.69 Å². The zero-order chi connectivity index (χ0) is 17.4. The first-order valence-electron chi connectivity index (χ1n) is 8.45. The minimum Gasteiger partial charge on any atom is -0.492 e. The first-order chi connectivity index (χ1) is 11.6. The maximum atomic E-state index is 12.0. The molecule has 2 N–H and O–H groups in total. The van der Waals surface area contributed by atoms with Crippen LogP contribution < -0.4 is 15.4 Å². The summed E-state index contributed by atoms with van der Waals surface area (Å²) < 4.78 is 5.70. The van der Waals surface area contributed by atoms with Crippen LogP contribution in [0.2, 0.25) is 0 Å². The van der Waals surface area contributed by atoms with Crippen LogP contribution >= 0.6 is 0 Å². The molecule has 2 aromatic carbocycles. The first kappa shape index (κ1) is 17.9. The van der Waals surface area contributed by atoms with Crippen molar-refractivity contribution in [3.63, 3.8) is 0 Å². The Bertz CT molecular complexity index is 668. The molecule has 2 aromatic rings. The molecule has 4 nitrogen and oxygen atoms in total. The van der Waals surface area contributed by atoms with Gasteiger partial charge in [-0.15, -0.1) is 0 Å². The third-order valence-electron chi connectivity index (χ3n) is 3.83. The van der Waals surface area contributed by atoms with Gasteiger partial charge in [0.2, 0.25) is 0 Å². The largest absolute Gasteiger partial charge is 0.492 e. The molecule has 0 unspecified atom stereocenters. The van der Waals surface area contributed by atoms with Crippen LogP contribution in [0, 0.1) is 0 Å². The smallest absolute Gasteiger partial charge is 0.319 e. The number of rotatable bonds is 7. The van der Waals surface area contributed by atoms with Crippen molar-refractivity contribution in [1.82, 2.24) is 5.32 Å². The molecule has 0 bridgehead atoms. The summed E-state index contributed by atoms with van der Waals surface area (Å²) >= 11 is 0. The van der Waals surface area contributed by atoms with Crippen LogP contribution in [-0.2, 0) is 6.42 Å². The number of benzene rings is 2. The molecule has 0 spiro atoms. The monoisotopic (exact) mass is 326 g/mol. The maximum Gasteiger partial charge on any atom is 0.319 e. The Hall–Kier alpha value is -2.49. The highest BCUT2D eigenvalue weighted by Crippen LogP contribution is 2.20. The quantitative estimate of drug-likeness (QED) is 0.732. The Labute approximate surface area is 144 Å². The van der Waals surface area contributed by atoms with E-state index in [1.54, 1.807) is 0 Å². The lowest BCUT2D eigenvalue weighted by Crippen LogP contribution is -2.32. The van der Waals surface area contributed by atoms with Crippen molar-refractivity contribution in [3.05, 3.63) is 59.7 Å². The van der Waals surface area contributed by atoms with Crippen molar-refractivity contribution in [2.24, 2.45) is 0 Å². The number of urea groups is 1. The molecular weight excluding hydrogens is 300 g/mol. The molecule has 0 fully saturated rings. The number of hydrogen-bond donors (Lipinski definition) is 2. The second kappa shape index (κ2) is 8.96. The van der Waals surface area contributed by atoms with Crippen molar-refractivity contribution in [3.8, 4) is 5.75 Å². The Morgan fingerprint density at radius 1 is 1.12 bits per heavy atom. The van der Waals surface area contributed by atoms with E-state index in [0.29, 0.717) is 19.1 Å². The predicted molar refractivity (Wildman–Crippen MR) is 98.9 cm³/mol. The van der Waals surface area contributed by atoms with Crippen LogP contribution in [0.1, 0.15) is 37.8 Å². The van der Waals surface area contributed by atoms with E-state index in [2.05, 4.69) is 37.5 Å². The fourth-order valence-electron chi connectivity index (χ4n) is 2.41. The molecule has 0 aliphatic rings. The van der Waals surface area contributed by atoms with E-state index in [0.717, 1.165) is 23.4 Å². The Morgan fingerprint density at radius 2 is 1.92 bits per heavy atom. The van der Waals surface area contributed by atoms with Crippen LogP contribution in [0.5, 0.6) is 5.75 Å². The molecule has 2 rings (SSSR count). The van der Waals surface area contributed by atoms with Crippen LogP contribution in [0.4, 0.5) is 10.5 Å². The zero-order valence-corrected chi connectivity index (χ0v) is 14.6. The highest BCUT2D eigenvalue weighted by atomic mass is 16.5. The average molecular weight is 326 g/mol. The third kappa shape index (κ3) is 5.30. The normalized spacial score (nSPS) is 10.5. The summed E-state index contributed by atoms with van der Waals surface area (Å²) in [7, 11) is 0. The lowest BCUT2D eigenvalue weighted by atomic mass is 10.0. The van der Waals surface area contributed by atoms with Crippen LogP contribution in [0.3, 0.4) is 0 Å². The van der Waals surface area contributed by atoms with E-state index in [9.17, 15) is 4.79 Å². The van der Waals surface area contributed by atoms with Gasteiger partial charge in [-0.25, -0.2) is 4.79 Å². The first-order valence-corrected chi connectivity index (χ1v) is 8.45. The number of amides is 2. The molecular formula is C20H26N2O2. The van der Waals surface area contributed by atoms with E-state index in [1.165, 1.54) is 5.56 Å². The highest BCUT2D eigenvalue weighted by molar-refractivity contribution is 5.90. The SMILES string of the molecule is CCc1ccccc1NC(=O)NCCOc1cccc(C(C)C)c1. The van der Waals surface area contributed by atoms with Gasteiger partial charge in [0.05, 0.1) is 6.54 Å². The predicted octanol–water partition coefficient (Wildman–Crippen LogP) is 4.57. The van der Waals surface area contributed by atoms with Crippen molar-refractivity contribution in [2.75, 3.05) is 18.5 Å². The lowest BCUT2D eigenvalue weighted by molar-refractivity contribution is 0.247. The van der Waals surface area contributed by atoms with Gasteiger partial charge >= 0.3 is 6.03 Å². The van der Waals surface area contributed by atoms with E-state index in [4.69, 9.17) is 4.74 Å². The number of aryl methyl sites for hydroxylation is 1. The van der Waals surface area contributed by atoms with Gasteiger partial charge < -0.3 is 15.4 Å². The second-order valence-corrected chi connectivity index (χ2v) is 5.97. The molecule has 0 saturated heterocycles. The number of nitrogens with one attached hydrogen (secondary N) is 2. The summed E-state index contributed by atoms with van der Waals surface area (Å²) in [5.74, 6) is 1.30. The van der Waals surface area contributed by atoms with Gasteiger partial charge in [-0.3, -0.25) is 0 Å². The number of carbonyl (C=O) groups excluding carboxylic acids is 1. The van der Waals surface area contributed by atoms with E-state index >= 15 is 0 Å². The number of carbonyl (C=O) groups is 1. The molecule has 0 saturated carbocycles. The summed E-state index contributed by atoms with van der Waals surface area (Å²) in [4.78, 5) is 12.0. The summed E-state index contributed by atoms with van der Waals surface area (Å²) in [6, 6.07) is 15.7. The summed E-state index contributed by atoms with van der Waals surface area (Å²) in [5, 5.41) is 5.69. The molecule has 0 aliphatic carbocycles. The fraction of sp³-hybridized carbons (Fsp3) is 0.350. The summed E-state index contributed by atoms with van der Waals surface area (Å²) in [6.07, 6.45) is 0.881. The minimum absolute atomic E-state index is 0.213. The van der Waals surface area contributed by atoms with Crippen LogP contribution in [0.25, 0.3) is 0 Å². The molecule has 0 aromatic heterocycles. The molecule has 0 radical (unpaired) electrons. The molecule has 24 heavy (non-hydrogen) atoms. The third-order valence-corrected chi connectivity index (χ3v) is 3.83. The summed E-state index contributed by atoms with van der Waals surface area (Å²) in [5.41, 5.74) is 3.21. The van der Waals surface area contributed by atoms with Crippen LogP contribution in [-0.4, -0.2) is 19.2 Å². The average Bonchev–Trinajstić information content (AvgIpc) is 2.59. The molecule has 0 heterocycles. The van der Waals surface area contributed by atoms with Gasteiger partial charge in [-0.1, -0.05) is 51.1 Å². The lowest BCUT2D eigenvalue weighted by Gasteiger charge is -2.12. The topological polar surface area (TPSA) is 50.4 Å². The van der Waals surface area contributed by atoms with Gasteiger partial charge in [0.25, 0.3) is 0 Å². The van der Waals surface area contributed by atoms with E-state index < -0.39 is 0 Å². The van der Waals surface area contributed by atoms with Crippen LogP contribution in [0.15, 0.2) is 48.5 Å². The van der Waals surface area contributed by atoms with Gasteiger partial charge in [0.1, 0.15) is 12.4 Å². The Kier molecular flexibility index (Phi) is 6.67. The minimum atomic E-state index is -0.213. The zero-order valence-electron chi connectivity index (χ0n) is 14.6. The maximum absolute atomic E-state index is 12.0. The Balaban J connectivity index is 1.76. The van der Waals surface area contributed by atoms with E-state index in [1.807, 2.05) is 42.5 Å². The number of hydrogen-bond acceptors (Lipinski definition) is 2. The van der Waals surface area contributed by atoms with Crippen molar-refractivity contribution in [1.29, 1.82) is 0 Å². The van der Waals surface area contributed by atoms with Gasteiger partial charge in [-0.2, -0.15) is 0 Å². The number of para-hydroxylation sites is 1. The molecule has 2 amide bonds. The molecule has 128 valence electrons. The Morgan fingerprint density at radius 3 is 2.67 bits per heavy atom.